The van der Waals surface area contributed by atoms with Crippen molar-refractivity contribution in [3.05, 3.63) is 33.2 Å². The van der Waals surface area contributed by atoms with Crippen LogP contribution < -0.4 is 0 Å². The minimum atomic E-state index is 0.216. The Kier molecular flexibility index (Phi) is 3.26. The monoisotopic (exact) mass is 310 g/mol. The molecule has 1 fully saturated rings. The van der Waals surface area contributed by atoms with Crippen LogP contribution in [0.2, 0.25) is 4.34 Å². The van der Waals surface area contributed by atoms with E-state index in [-0.39, 0.29) is 6.10 Å². The summed E-state index contributed by atoms with van der Waals surface area (Å²) in [5.41, 5.74) is 1.09. The van der Waals surface area contributed by atoms with Crippen molar-refractivity contribution in [1.29, 1.82) is 0 Å². The molecule has 7 heteroatoms. The molecule has 2 atom stereocenters. The van der Waals surface area contributed by atoms with Crippen molar-refractivity contribution in [2.45, 2.75) is 31.7 Å². The maximum absolute atomic E-state index is 5.99. The van der Waals surface area contributed by atoms with E-state index >= 15 is 0 Å². The molecule has 106 valence electrons. The van der Waals surface area contributed by atoms with E-state index < -0.39 is 0 Å². The molecule has 4 rings (SSSR count). The topological polar surface area (TPSA) is 43.2 Å². The third-order valence-corrected chi connectivity index (χ3v) is 5.24. The normalized spacial score (nSPS) is 26.2. The highest BCUT2D eigenvalue weighted by molar-refractivity contribution is 7.16. The second-order valence-electron chi connectivity index (χ2n) is 5.32. The fourth-order valence-electron chi connectivity index (χ4n) is 3.05. The summed E-state index contributed by atoms with van der Waals surface area (Å²) in [5, 5.41) is 8.20. The molecule has 0 bridgehead atoms. The molecule has 5 nitrogen and oxygen atoms in total. The third kappa shape index (κ3) is 2.26. The van der Waals surface area contributed by atoms with E-state index in [9.17, 15) is 0 Å². The molecule has 0 unspecified atom stereocenters. The second kappa shape index (κ2) is 5.11. The molecule has 0 spiro atoms. The summed E-state index contributed by atoms with van der Waals surface area (Å²) in [6, 6.07) is 4.41. The molecular weight excluding hydrogens is 296 g/mol. The van der Waals surface area contributed by atoms with E-state index in [1.165, 1.54) is 4.88 Å². The van der Waals surface area contributed by atoms with Crippen LogP contribution >= 0.6 is 22.9 Å². The summed E-state index contributed by atoms with van der Waals surface area (Å²) in [6.45, 7) is 3.57. The Labute approximate surface area is 126 Å². The number of rotatable bonds is 2. The summed E-state index contributed by atoms with van der Waals surface area (Å²) in [7, 11) is 0. The van der Waals surface area contributed by atoms with Crippen LogP contribution in [0.15, 0.2) is 18.3 Å². The van der Waals surface area contributed by atoms with Crippen LogP contribution in [0.25, 0.3) is 0 Å². The standard InChI is InChI=1S/C13H15ClN4OS/c14-13-2-1-10(20-13)6-17-4-3-11-12(7-17)19-8-9-5-15-16-18(9)11/h1-2,5,11-12H,3-4,6-8H2/t11-,12-/m0/s1. The Morgan fingerprint density at radius 2 is 2.40 bits per heavy atom. The Morgan fingerprint density at radius 3 is 3.25 bits per heavy atom. The van der Waals surface area contributed by atoms with E-state index in [1.807, 2.05) is 10.7 Å². The molecule has 0 radical (unpaired) electrons. The molecule has 0 aromatic carbocycles. The predicted octanol–water partition coefficient (Wildman–Crippen LogP) is 2.34. The highest BCUT2D eigenvalue weighted by Crippen LogP contribution is 2.32. The van der Waals surface area contributed by atoms with Crippen LogP contribution in [0.5, 0.6) is 0 Å². The van der Waals surface area contributed by atoms with Gasteiger partial charge in [-0.3, -0.25) is 4.90 Å². The number of thiophene rings is 1. The zero-order valence-corrected chi connectivity index (χ0v) is 12.5. The second-order valence-corrected chi connectivity index (χ2v) is 7.12. The molecule has 2 aliphatic rings. The SMILES string of the molecule is Clc1ccc(CN2CC[C@H]3[C@H](C2)OCc2cnnn23)s1. The Morgan fingerprint density at radius 1 is 1.45 bits per heavy atom. The van der Waals surface area contributed by atoms with Gasteiger partial charge < -0.3 is 4.74 Å². The first-order valence-electron chi connectivity index (χ1n) is 6.77. The molecule has 4 heterocycles. The molecule has 0 amide bonds. The highest BCUT2D eigenvalue weighted by Gasteiger charge is 2.36. The largest absolute Gasteiger partial charge is 0.368 e. The Bertz CT molecular complexity index is 613. The molecule has 2 aromatic rings. The van der Waals surface area contributed by atoms with Crippen LogP contribution in [-0.2, 0) is 17.9 Å². The van der Waals surface area contributed by atoms with Gasteiger partial charge in [0.15, 0.2) is 0 Å². The molecule has 2 aliphatic heterocycles. The van der Waals surface area contributed by atoms with Gasteiger partial charge in [-0.15, -0.1) is 16.4 Å². The van der Waals surface area contributed by atoms with Gasteiger partial charge in [-0.1, -0.05) is 16.8 Å². The van der Waals surface area contributed by atoms with Crippen molar-refractivity contribution in [2.24, 2.45) is 0 Å². The number of nitrogens with zero attached hydrogens (tertiary/aromatic N) is 4. The first-order valence-corrected chi connectivity index (χ1v) is 7.96. The zero-order valence-electron chi connectivity index (χ0n) is 10.9. The van der Waals surface area contributed by atoms with Crippen molar-refractivity contribution < 1.29 is 4.74 Å². The molecule has 0 aliphatic carbocycles. The van der Waals surface area contributed by atoms with Gasteiger partial charge in [-0.2, -0.15) is 0 Å². The van der Waals surface area contributed by atoms with Gasteiger partial charge in [0.25, 0.3) is 0 Å². The number of hydrogen-bond acceptors (Lipinski definition) is 5. The zero-order chi connectivity index (χ0) is 13.5. The smallest absolute Gasteiger partial charge is 0.0932 e. The van der Waals surface area contributed by atoms with E-state index in [0.29, 0.717) is 12.6 Å². The number of aromatic nitrogens is 3. The lowest BCUT2D eigenvalue weighted by molar-refractivity contribution is -0.0702. The van der Waals surface area contributed by atoms with E-state index in [0.717, 1.165) is 36.1 Å². The first kappa shape index (κ1) is 12.8. The number of piperidine rings is 1. The van der Waals surface area contributed by atoms with Gasteiger partial charge in [0.1, 0.15) is 0 Å². The summed E-state index contributed by atoms with van der Waals surface area (Å²) < 4.78 is 8.88. The van der Waals surface area contributed by atoms with Crippen LogP contribution in [0, 0.1) is 0 Å². The van der Waals surface area contributed by atoms with Crippen LogP contribution in [0.3, 0.4) is 0 Å². The van der Waals surface area contributed by atoms with Gasteiger partial charge >= 0.3 is 0 Å². The number of halogens is 1. The van der Waals surface area contributed by atoms with Crippen molar-refractivity contribution in [3.63, 3.8) is 0 Å². The average molecular weight is 311 g/mol. The first-order chi connectivity index (χ1) is 9.79. The molecular formula is C13H15ClN4OS. The predicted molar refractivity (Wildman–Crippen MR) is 76.9 cm³/mol. The van der Waals surface area contributed by atoms with Gasteiger partial charge in [0.2, 0.25) is 0 Å². The summed E-state index contributed by atoms with van der Waals surface area (Å²) in [6.07, 6.45) is 3.07. The minimum absolute atomic E-state index is 0.216. The fourth-order valence-corrected chi connectivity index (χ4v) is 4.18. The van der Waals surface area contributed by atoms with Crippen molar-refractivity contribution >= 4 is 22.9 Å². The maximum atomic E-state index is 5.99. The lowest BCUT2D eigenvalue weighted by Crippen LogP contribution is -2.48. The van der Waals surface area contributed by atoms with Crippen molar-refractivity contribution in [3.8, 4) is 0 Å². The van der Waals surface area contributed by atoms with Crippen LogP contribution in [-0.4, -0.2) is 39.1 Å². The minimum Gasteiger partial charge on any atom is -0.368 e. The molecule has 0 saturated carbocycles. The third-order valence-electron chi connectivity index (χ3n) is 4.03. The average Bonchev–Trinajstić information content (AvgIpc) is 3.07. The lowest BCUT2D eigenvalue weighted by atomic mass is 10.00. The van der Waals surface area contributed by atoms with Gasteiger partial charge in [0.05, 0.1) is 35.0 Å². The molecule has 1 saturated heterocycles. The number of ether oxygens (including phenoxy) is 1. The van der Waals surface area contributed by atoms with Crippen molar-refractivity contribution in [1.82, 2.24) is 19.9 Å². The van der Waals surface area contributed by atoms with E-state index in [4.69, 9.17) is 16.3 Å². The van der Waals surface area contributed by atoms with Crippen molar-refractivity contribution in [2.75, 3.05) is 13.1 Å². The highest BCUT2D eigenvalue weighted by atomic mass is 35.5. The van der Waals surface area contributed by atoms with Crippen LogP contribution in [0.4, 0.5) is 0 Å². The summed E-state index contributed by atoms with van der Waals surface area (Å²) >= 11 is 7.65. The maximum Gasteiger partial charge on any atom is 0.0932 e. The Hall–Kier alpha value is -0.950. The van der Waals surface area contributed by atoms with E-state index in [1.54, 1.807) is 17.5 Å². The van der Waals surface area contributed by atoms with Crippen LogP contribution in [0.1, 0.15) is 23.0 Å². The lowest BCUT2D eigenvalue weighted by Gasteiger charge is -2.40. The number of fused-ring (bicyclic) bond motifs is 3. The Balaban J connectivity index is 1.46. The fraction of sp³-hybridized carbons (Fsp3) is 0.538. The summed E-state index contributed by atoms with van der Waals surface area (Å²) in [5.74, 6) is 0. The summed E-state index contributed by atoms with van der Waals surface area (Å²) in [4.78, 5) is 3.75. The molecule has 20 heavy (non-hydrogen) atoms. The number of hydrogen-bond donors (Lipinski definition) is 0. The van der Waals surface area contributed by atoms with Gasteiger partial charge in [0, 0.05) is 24.5 Å². The molecule has 0 N–H and O–H groups in total. The van der Waals surface area contributed by atoms with E-state index in [2.05, 4.69) is 21.3 Å². The quantitative estimate of drug-likeness (QED) is 0.854. The van der Waals surface area contributed by atoms with Gasteiger partial charge in [-0.25, -0.2) is 4.68 Å². The van der Waals surface area contributed by atoms with Gasteiger partial charge in [-0.05, 0) is 18.6 Å². The molecule has 2 aromatic heterocycles. The number of likely N-dealkylation sites (tertiary alicyclic amines) is 1.